The fraction of sp³-hybridized carbons (Fsp3) is 0.0714. The van der Waals surface area contributed by atoms with E-state index in [9.17, 15) is 0 Å². The smallest absolute Gasteiger partial charge is 0.312 e. The summed E-state index contributed by atoms with van der Waals surface area (Å²) in [5.74, 6) is 0. The molecule has 332 valence electrons. The molecule has 0 saturated carbocycles. The zero-order chi connectivity index (χ0) is 45.3. The van der Waals surface area contributed by atoms with Gasteiger partial charge in [0, 0.05) is 46.4 Å². The molecule has 0 amide bonds. The third kappa shape index (κ3) is 7.07. The third-order valence-corrected chi connectivity index (χ3v) is 16.9. The molecule has 10 aromatic carbocycles. The number of para-hydroxylation sites is 2. The van der Waals surface area contributed by atoms with Crippen molar-refractivity contribution in [2.24, 2.45) is 0 Å². The largest absolute Gasteiger partial charge is 0.408 e. The second kappa shape index (κ2) is 16.9. The number of fused-ring (bicyclic) bond motifs is 17. The molecule has 13 aromatic rings. The van der Waals surface area contributed by atoms with E-state index in [4.69, 9.17) is 25.2 Å². The summed E-state index contributed by atoms with van der Waals surface area (Å²) in [6.07, 6.45) is 0. The van der Waals surface area contributed by atoms with Crippen molar-refractivity contribution in [2.75, 3.05) is 41.4 Å². The van der Waals surface area contributed by atoms with Gasteiger partial charge in [-0.2, -0.15) is 14.0 Å². The molecule has 0 unspecified atom stereocenters. The maximum atomic E-state index is 7.08. The lowest BCUT2D eigenvalue weighted by Crippen LogP contribution is -2.39. The summed E-state index contributed by atoms with van der Waals surface area (Å²) in [4.78, 5) is 0. The van der Waals surface area contributed by atoms with Crippen LogP contribution in [0.1, 0.15) is 0 Å². The standard InChI is InChI=1S/C56H42N3O6P3/c1-57(66-62-49-31-27-37-15-3-7-19-41(37)53(49)54-42-20-8-4-16-38(42)28-32-50(54)63-66)35-59(68-60-47-25-13-11-23-45(47)46-24-12-14-26-48(46)61-68)36-58(2)67-64-51-33-29-39-17-5-9-21-43(39)55(51)56-44-22-10-6-18-40(44)30-34-52(56)65-67/h3-34H,35-36H2,1-2H3. The Hall–Kier alpha value is -7.18. The second-order valence-corrected chi connectivity index (χ2v) is 21.5. The molecular formula is C56H42N3O6P3. The maximum absolute atomic E-state index is 7.08. The van der Waals surface area contributed by atoms with Crippen LogP contribution in [0.2, 0.25) is 0 Å². The molecule has 9 nitrogen and oxygen atoms in total. The molecule has 0 spiro atoms. The van der Waals surface area contributed by atoms with Crippen LogP contribution in [0, 0.1) is 0 Å². The number of rotatable bonds is 7. The monoisotopic (exact) mass is 945 g/mol. The van der Waals surface area contributed by atoms with E-state index in [-0.39, 0.29) is 0 Å². The van der Waals surface area contributed by atoms with Gasteiger partial charge in [-0.15, -0.1) is 0 Å². The van der Waals surface area contributed by atoms with Gasteiger partial charge in [-0.1, -0.05) is 158 Å². The third-order valence-electron chi connectivity index (χ3n) is 12.7. The fourth-order valence-corrected chi connectivity index (χ4v) is 13.7. The molecule has 0 aliphatic heterocycles. The Morgan fingerprint density at radius 3 is 0.868 bits per heavy atom. The molecular weight excluding hydrogens is 904 g/mol. The van der Waals surface area contributed by atoms with Crippen LogP contribution in [-0.2, 0) is 0 Å². The first-order valence-corrected chi connectivity index (χ1v) is 25.8. The number of benzene rings is 10. The van der Waals surface area contributed by atoms with Gasteiger partial charge in [0.25, 0.3) is 0 Å². The normalized spacial score (nSPS) is 12.2. The summed E-state index contributed by atoms with van der Waals surface area (Å²) in [6, 6.07) is 66.9. The maximum Gasteiger partial charge on any atom is 0.312 e. The van der Waals surface area contributed by atoms with Crippen LogP contribution in [0.5, 0.6) is 0 Å². The Kier molecular flexibility index (Phi) is 10.2. The molecule has 0 bridgehead atoms. The van der Waals surface area contributed by atoms with E-state index in [1.54, 1.807) is 0 Å². The van der Waals surface area contributed by atoms with E-state index in [1.165, 1.54) is 0 Å². The van der Waals surface area contributed by atoms with Crippen molar-refractivity contribution in [3.05, 3.63) is 194 Å². The van der Waals surface area contributed by atoms with Gasteiger partial charge in [-0.25, -0.2) is 0 Å². The summed E-state index contributed by atoms with van der Waals surface area (Å²) in [7, 11) is -1.22. The SMILES string of the molecule is CN(CN(CN(C)p1oc2ccc3ccccc3c2c2c(ccc3ccccc32)o1)p1oc2ccccc2c2ccccc2o1)p1oc2ccc3ccccc3c2c2c(ccc3ccccc32)o1. The van der Waals surface area contributed by atoms with Crippen molar-refractivity contribution in [3.63, 3.8) is 0 Å². The number of hydrogen-bond acceptors (Lipinski definition) is 9. The predicted octanol–water partition coefficient (Wildman–Crippen LogP) is 17.5. The summed E-state index contributed by atoms with van der Waals surface area (Å²) in [5.41, 5.74) is 4.52. The predicted molar refractivity (Wildman–Crippen MR) is 285 cm³/mol. The van der Waals surface area contributed by atoms with Crippen molar-refractivity contribution in [1.82, 2.24) is 0 Å². The van der Waals surface area contributed by atoms with Crippen LogP contribution < -0.4 is 14.0 Å². The van der Waals surface area contributed by atoms with Crippen molar-refractivity contribution in [1.29, 1.82) is 0 Å². The lowest BCUT2D eigenvalue weighted by molar-refractivity contribution is 0.601. The van der Waals surface area contributed by atoms with Crippen LogP contribution in [0.15, 0.2) is 219 Å². The van der Waals surface area contributed by atoms with Gasteiger partial charge in [0.1, 0.15) is 33.5 Å². The van der Waals surface area contributed by atoms with E-state index in [1.807, 2.05) is 50.5 Å². The van der Waals surface area contributed by atoms with E-state index < -0.39 is 24.5 Å². The first-order valence-electron chi connectivity index (χ1n) is 22.4. The van der Waals surface area contributed by atoms with Crippen molar-refractivity contribution in [3.8, 4) is 0 Å². The van der Waals surface area contributed by atoms with E-state index in [0.29, 0.717) is 13.3 Å². The Labute approximate surface area is 392 Å². The lowest BCUT2D eigenvalue weighted by atomic mass is 9.99. The van der Waals surface area contributed by atoms with Gasteiger partial charge in [0.05, 0.1) is 13.3 Å². The highest BCUT2D eigenvalue weighted by atomic mass is 31.1. The topological polar surface area (TPSA) is 88.6 Å². The Morgan fingerprint density at radius 2 is 0.544 bits per heavy atom. The van der Waals surface area contributed by atoms with Crippen LogP contribution in [0.25, 0.3) is 109 Å². The summed E-state index contributed by atoms with van der Waals surface area (Å²) in [5, 5.41) is 14.9. The summed E-state index contributed by atoms with van der Waals surface area (Å²) < 4.78 is 48.8. The van der Waals surface area contributed by atoms with Crippen molar-refractivity contribution >= 4 is 133 Å². The van der Waals surface area contributed by atoms with Crippen LogP contribution in [0.3, 0.4) is 0 Å². The van der Waals surface area contributed by atoms with Crippen molar-refractivity contribution in [2.45, 2.75) is 0 Å². The van der Waals surface area contributed by atoms with Crippen molar-refractivity contribution < 1.29 is 25.2 Å². The van der Waals surface area contributed by atoms with Crippen LogP contribution >= 0.6 is 24.5 Å². The quantitative estimate of drug-likeness (QED) is 0.145. The summed E-state index contributed by atoms with van der Waals surface area (Å²) in [6.45, 7) is 0.646. The molecule has 0 N–H and O–H groups in total. The van der Waals surface area contributed by atoms with Gasteiger partial charge in [-0.05, 0) is 79.5 Å². The molecule has 0 fully saturated rings. The molecule has 0 aliphatic rings. The lowest BCUT2D eigenvalue weighted by Gasteiger charge is -2.25. The van der Waals surface area contributed by atoms with E-state index >= 15 is 0 Å². The van der Waals surface area contributed by atoms with Gasteiger partial charge in [0.15, 0.2) is 0 Å². The molecule has 12 heteroatoms. The van der Waals surface area contributed by atoms with Gasteiger partial charge < -0.3 is 25.2 Å². The second-order valence-electron chi connectivity index (χ2n) is 17.0. The minimum Gasteiger partial charge on any atom is -0.408 e. The first kappa shape index (κ1) is 41.0. The molecule has 0 saturated heterocycles. The zero-order valence-electron chi connectivity index (χ0n) is 37.0. The molecule has 3 heterocycles. The molecule has 3 aromatic heterocycles. The fourth-order valence-electron chi connectivity index (χ4n) is 9.56. The molecule has 13 rings (SSSR count). The number of nitrogens with zero attached hydrogens (tertiary/aromatic N) is 3. The average molecular weight is 946 g/mol. The first-order chi connectivity index (χ1) is 33.5. The minimum atomic E-state index is -1.81. The average Bonchev–Trinajstić information content (AvgIpc) is 3.76. The zero-order valence-corrected chi connectivity index (χ0v) is 39.7. The van der Waals surface area contributed by atoms with Crippen LogP contribution in [-0.4, -0.2) is 27.4 Å². The Balaban J connectivity index is 1.01. The highest BCUT2D eigenvalue weighted by Gasteiger charge is 2.25. The highest BCUT2D eigenvalue weighted by Crippen LogP contribution is 2.46. The molecule has 0 atom stereocenters. The Bertz CT molecular complexity index is 3800. The van der Waals surface area contributed by atoms with Gasteiger partial charge in [0.2, 0.25) is 0 Å². The van der Waals surface area contributed by atoms with Gasteiger partial charge >= 0.3 is 24.5 Å². The minimum absolute atomic E-state index is 0.323. The van der Waals surface area contributed by atoms with E-state index in [0.717, 1.165) is 109 Å². The molecule has 0 radical (unpaired) electrons. The Morgan fingerprint density at radius 1 is 0.279 bits per heavy atom. The van der Waals surface area contributed by atoms with E-state index in [2.05, 4.69) is 172 Å². The molecule has 68 heavy (non-hydrogen) atoms. The van der Waals surface area contributed by atoms with Crippen LogP contribution in [0.4, 0.5) is 0 Å². The van der Waals surface area contributed by atoms with Gasteiger partial charge in [-0.3, -0.25) is 0 Å². The highest BCUT2D eigenvalue weighted by molar-refractivity contribution is 7.41. The number of hydrogen-bond donors (Lipinski definition) is 0. The summed E-state index contributed by atoms with van der Waals surface area (Å²) >= 11 is 0. The molecule has 0 aliphatic carbocycles.